The third-order valence-corrected chi connectivity index (χ3v) is 4.58. The number of rotatable bonds is 3. The number of benzene rings is 2. The Bertz CT molecular complexity index is 1030. The summed E-state index contributed by atoms with van der Waals surface area (Å²) in [6.45, 7) is 2.61. The molecule has 1 aliphatic heterocycles. The minimum absolute atomic E-state index is 0.0107. The van der Waals surface area contributed by atoms with Gasteiger partial charge in [-0.1, -0.05) is 18.2 Å². The smallest absolute Gasteiger partial charge is 0.234 e. The number of nitrogens with one attached hydrogen (secondary N) is 2. The van der Waals surface area contributed by atoms with E-state index in [2.05, 4.69) is 15.6 Å². The Morgan fingerprint density at radius 1 is 1.35 bits per heavy atom. The molecule has 1 unspecified atom stereocenters. The molecule has 2 amide bonds. The van der Waals surface area contributed by atoms with E-state index in [-0.39, 0.29) is 18.2 Å². The molecule has 0 fully saturated rings. The average Bonchev–Trinajstić information content (AvgIpc) is 2.97. The number of nitrogens with zero attached hydrogens (tertiary/aromatic N) is 2. The van der Waals surface area contributed by atoms with Crippen molar-refractivity contribution in [3.63, 3.8) is 0 Å². The van der Waals surface area contributed by atoms with Crippen LogP contribution < -0.4 is 10.6 Å². The van der Waals surface area contributed by atoms with Crippen LogP contribution in [0.1, 0.15) is 24.8 Å². The first-order valence-corrected chi connectivity index (χ1v) is 8.42. The molecule has 1 atom stereocenters. The van der Waals surface area contributed by atoms with Gasteiger partial charge in [0, 0.05) is 18.7 Å². The maximum Gasteiger partial charge on any atom is 0.234 e. The Labute approximate surface area is 149 Å². The lowest BCUT2D eigenvalue weighted by Crippen LogP contribution is -2.31. The highest BCUT2D eigenvalue weighted by molar-refractivity contribution is 6.05. The van der Waals surface area contributed by atoms with Crippen molar-refractivity contribution < 1.29 is 14.0 Å². The molecule has 26 heavy (non-hydrogen) atoms. The molecular formula is C19H17FN4O2. The molecule has 4 rings (SSSR count). The third kappa shape index (κ3) is 2.71. The topological polar surface area (TPSA) is 76.0 Å². The van der Waals surface area contributed by atoms with Gasteiger partial charge in [0.05, 0.1) is 17.0 Å². The number of carbonyl (C=O) groups is 2. The van der Waals surface area contributed by atoms with E-state index >= 15 is 0 Å². The lowest BCUT2D eigenvalue weighted by Gasteiger charge is -2.24. The van der Waals surface area contributed by atoms with E-state index in [1.165, 1.54) is 18.2 Å². The van der Waals surface area contributed by atoms with Crippen LogP contribution in [0.3, 0.4) is 0 Å². The van der Waals surface area contributed by atoms with Gasteiger partial charge in [-0.15, -0.1) is 0 Å². The second-order valence-corrected chi connectivity index (χ2v) is 6.19. The Morgan fingerprint density at radius 3 is 2.96 bits per heavy atom. The summed E-state index contributed by atoms with van der Waals surface area (Å²) in [5.74, 6) is -1.36. The van der Waals surface area contributed by atoms with Crippen LogP contribution in [-0.4, -0.2) is 21.4 Å². The number of aromatic nitrogens is 2. The Morgan fingerprint density at radius 2 is 2.15 bits per heavy atom. The number of aryl methyl sites for hydroxylation is 1. The standard InChI is InChI=1S/C19H17FN4O2/c1-2-24-16-6-4-3-5-14(16)22-19(24)23-18(26)13-10-17(25)21-15-9-11(20)7-8-12(13)15/h3-9,13H,2,10H2,1H3,(H,21,25)(H,22,23,26). The summed E-state index contributed by atoms with van der Waals surface area (Å²) in [4.78, 5) is 29.3. The van der Waals surface area contributed by atoms with Crippen LogP contribution in [0.25, 0.3) is 11.0 Å². The van der Waals surface area contributed by atoms with Crippen molar-refractivity contribution in [3.8, 4) is 0 Å². The molecule has 0 saturated heterocycles. The van der Waals surface area contributed by atoms with Crippen LogP contribution in [0.5, 0.6) is 0 Å². The minimum atomic E-state index is -0.690. The number of carbonyl (C=O) groups excluding carboxylic acids is 2. The number of imidazole rings is 1. The van der Waals surface area contributed by atoms with Gasteiger partial charge in [0.2, 0.25) is 17.8 Å². The van der Waals surface area contributed by atoms with E-state index in [0.29, 0.717) is 23.7 Å². The second-order valence-electron chi connectivity index (χ2n) is 6.19. The zero-order chi connectivity index (χ0) is 18.3. The molecule has 132 valence electrons. The fourth-order valence-corrected chi connectivity index (χ4v) is 3.36. The van der Waals surface area contributed by atoms with Crippen LogP contribution in [0, 0.1) is 5.82 Å². The van der Waals surface area contributed by atoms with Gasteiger partial charge in [0.15, 0.2) is 0 Å². The molecule has 0 aliphatic carbocycles. The Balaban J connectivity index is 1.68. The van der Waals surface area contributed by atoms with Crippen LogP contribution in [0.2, 0.25) is 0 Å². The first kappa shape index (κ1) is 16.3. The SMILES string of the molecule is CCn1c(NC(=O)C2CC(=O)Nc3cc(F)ccc32)nc2ccccc21. The Kier molecular flexibility index (Phi) is 3.91. The fourth-order valence-electron chi connectivity index (χ4n) is 3.36. The van der Waals surface area contributed by atoms with Gasteiger partial charge in [-0.2, -0.15) is 0 Å². The first-order valence-electron chi connectivity index (χ1n) is 8.42. The van der Waals surface area contributed by atoms with Crippen molar-refractivity contribution in [1.29, 1.82) is 0 Å². The van der Waals surface area contributed by atoms with E-state index in [1.807, 2.05) is 35.8 Å². The fraction of sp³-hybridized carbons (Fsp3) is 0.211. The van der Waals surface area contributed by atoms with Crippen molar-refractivity contribution in [3.05, 3.63) is 53.8 Å². The molecule has 2 aromatic carbocycles. The lowest BCUT2D eigenvalue weighted by atomic mass is 9.90. The quantitative estimate of drug-likeness (QED) is 0.760. The summed E-state index contributed by atoms with van der Waals surface area (Å²) in [6.07, 6.45) is 0.0107. The van der Waals surface area contributed by atoms with Gasteiger partial charge < -0.3 is 9.88 Å². The number of hydrogen-bond donors (Lipinski definition) is 2. The van der Waals surface area contributed by atoms with Crippen molar-refractivity contribution in [1.82, 2.24) is 9.55 Å². The molecule has 6 nitrogen and oxygen atoms in total. The normalized spacial score (nSPS) is 16.2. The van der Waals surface area contributed by atoms with Gasteiger partial charge in [0.1, 0.15) is 5.82 Å². The van der Waals surface area contributed by atoms with E-state index in [1.54, 1.807) is 0 Å². The zero-order valence-electron chi connectivity index (χ0n) is 14.1. The molecule has 1 aromatic heterocycles. The molecule has 3 aromatic rings. The van der Waals surface area contributed by atoms with Crippen LogP contribution >= 0.6 is 0 Å². The number of amides is 2. The zero-order valence-corrected chi connectivity index (χ0v) is 14.1. The summed E-state index contributed by atoms with van der Waals surface area (Å²) in [5, 5.41) is 5.45. The summed E-state index contributed by atoms with van der Waals surface area (Å²) in [6, 6.07) is 11.7. The highest BCUT2D eigenvalue weighted by Gasteiger charge is 2.31. The molecule has 0 radical (unpaired) electrons. The predicted molar refractivity (Wildman–Crippen MR) is 96.4 cm³/mol. The maximum atomic E-state index is 13.4. The summed E-state index contributed by atoms with van der Waals surface area (Å²) in [7, 11) is 0. The molecule has 0 spiro atoms. The van der Waals surface area contributed by atoms with E-state index in [4.69, 9.17) is 0 Å². The average molecular weight is 352 g/mol. The molecule has 2 heterocycles. The summed E-state index contributed by atoms with van der Waals surface area (Å²) >= 11 is 0. The van der Waals surface area contributed by atoms with Crippen LogP contribution in [-0.2, 0) is 16.1 Å². The highest BCUT2D eigenvalue weighted by atomic mass is 19.1. The van der Waals surface area contributed by atoms with E-state index in [0.717, 1.165) is 11.0 Å². The van der Waals surface area contributed by atoms with Gasteiger partial charge in [-0.3, -0.25) is 14.9 Å². The van der Waals surface area contributed by atoms with Gasteiger partial charge in [-0.25, -0.2) is 9.37 Å². The first-order chi connectivity index (χ1) is 12.6. The summed E-state index contributed by atoms with van der Waals surface area (Å²) < 4.78 is 15.4. The number of para-hydroxylation sites is 2. The number of anilines is 2. The number of halogens is 1. The molecule has 1 aliphatic rings. The second kappa shape index (κ2) is 6.25. The molecular weight excluding hydrogens is 335 g/mol. The highest BCUT2D eigenvalue weighted by Crippen LogP contribution is 2.33. The lowest BCUT2D eigenvalue weighted by molar-refractivity contribution is -0.123. The van der Waals surface area contributed by atoms with Gasteiger partial charge in [0.25, 0.3) is 0 Å². The van der Waals surface area contributed by atoms with Crippen LogP contribution in [0.4, 0.5) is 16.0 Å². The van der Waals surface area contributed by atoms with Gasteiger partial charge in [-0.05, 0) is 36.8 Å². The van der Waals surface area contributed by atoms with E-state index < -0.39 is 11.7 Å². The predicted octanol–water partition coefficient (Wildman–Crippen LogP) is 3.26. The van der Waals surface area contributed by atoms with Gasteiger partial charge >= 0.3 is 0 Å². The van der Waals surface area contributed by atoms with Crippen molar-refractivity contribution in [2.24, 2.45) is 0 Å². The van der Waals surface area contributed by atoms with Crippen molar-refractivity contribution in [2.45, 2.75) is 25.8 Å². The Hall–Kier alpha value is -3.22. The minimum Gasteiger partial charge on any atom is -0.326 e. The van der Waals surface area contributed by atoms with E-state index in [9.17, 15) is 14.0 Å². The summed E-state index contributed by atoms with van der Waals surface area (Å²) in [5.41, 5.74) is 2.65. The van der Waals surface area contributed by atoms with Crippen molar-refractivity contribution >= 4 is 34.5 Å². The monoisotopic (exact) mass is 352 g/mol. The number of hydrogen-bond acceptors (Lipinski definition) is 3. The molecule has 0 bridgehead atoms. The molecule has 0 saturated carbocycles. The third-order valence-electron chi connectivity index (χ3n) is 4.58. The molecule has 7 heteroatoms. The molecule has 2 N–H and O–H groups in total. The largest absolute Gasteiger partial charge is 0.326 e. The number of fused-ring (bicyclic) bond motifs is 2. The van der Waals surface area contributed by atoms with Crippen LogP contribution in [0.15, 0.2) is 42.5 Å². The maximum absolute atomic E-state index is 13.4. The van der Waals surface area contributed by atoms with Crippen molar-refractivity contribution in [2.75, 3.05) is 10.6 Å².